The highest BCUT2D eigenvalue weighted by Gasteiger charge is 2.09. The van der Waals surface area contributed by atoms with E-state index in [0.29, 0.717) is 0 Å². The predicted octanol–water partition coefficient (Wildman–Crippen LogP) is 3.12. The second-order valence-corrected chi connectivity index (χ2v) is 5.44. The fourth-order valence-electron chi connectivity index (χ4n) is 2.11. The quantitative estimate of drug-likeness (QED) is 0.791. The summed E-state index contributed by atoms with van der Waals surface area (Å²) in [5, 5.41) is 16.3. The molecule has 4 heteroatoms. The first kappa shape index (κ1) is 12.3. The van der Waals surface area contributed by atoms with E-state index in [9.17, 15) is 0 Å². The van der Waals surface area contributed by atoms with Crippen molar-refractivity contribution in [2.75, 3.05) is 13.6 Å². The maximum Gasteiger partial charge on any atom is 0.148 e. The van der Waals surface area contributed by atoms with Gasteiger partial charge in [0.25, 0.3) is 0 Å². The average Bonchev–Trinajstić information content (AvgIpc) is 2.93. The number of benzene rings is 2. The first-order valence-corrected chi connectivity index (χ1v) is 7.15. The second-order valence-electron chi connectivity index (χ2n) is 4.38. The molecule has 1 heterocycles. The molecule has 1 aromatic heterocycles. The lowest BCUT2D eigenvalue weighted by Crippen LogP contribution is -2.09. The van der Waals surface area contributed by atoms with E-state index in [2.05, 4.69) is 58.0 Å². The molecular formula is C15H15N3S. The van der Waals surface area contributed by atoms with Crippen molar-refractivity contribution in [1.82, 2.24) is 15.5 Å². The van der Waals surface area contributed by atoms with Gasteiger partial charge in [-0.05, 0) is 17.8 Å². The first-order valence-electron chi connectivity index (χ1n) is 6.33. The highest BCUT2D eigenvalue weighted by atomic mass is 32.1. The Labute approximate surface area is 116 Å². The molecule has 0 fully saturated rings. The highest BCUT2D eigenvalue weighted by molar-refractivity contribution is 7.14. The van der Waals surface area contributed by atoms with E-state index >= 15 is 0 Å². The van der Waals surface area contributed by atoms with Gasteiger partial charge in [0.1, 0.15) is 10.0 Å². The lowest BCUT2D eigenvalue weighted by atomic mass is 10.1. The Morgan fingerprint density at radius 3 is 2.79 bits per heavy atom. The summed E-state index contributed by atoms with van der Waals surface area (Å²) in [4.78, 5) is 0. The van der Waals surface area contributed by atoms with Gasteiger partial charge in [0.2, 0.25) is 0 Å². The number of hydrogen-bond donors (Lipinski definition) is 1. The van der Waals surface area contributed by atoms with Crippen molar-refractivity contribution >= 4 is 22.1 Å². The minimum Gasteiger partial charge on any atom is -0.319 e. The van der Waals surface area contributed by atoms with Crippen LogP contribution in [0.1, 0.15) is 5.01 Å². The Balaban J connectivity index is 2.02. The van der Waals surface area contributed by atoms with Gasteiger partial charge in [-0.3, -0.25) is 0 Å². The summed E-state index contributed by atoms with van der Waals surface area (Å²) in [6.07, 6.45) is 0.929. The topological polar surface area (TPSA) is 37.8 Å². The zero-order valence-electron chi connectivity index (χ0n) is 10.8. The molecule has 0 saturated carbocycles. The lowest BCUT2D eigenvalue weighted by Gasteiger charge is -2.02. The fraction of sp³-hybridized carbons (Fsp3) is 0.200. The fourth-order valence-corrected chi connectivity index (χ4v) is 2.99. The largest absolute Gasteiger partial charge is 0.319 e. The van der Waals surface area contributed by atoms with Crippen LogP contribution in [0.15, 0.2) is 42.5 Å². The molecule has 0 bridgehead atoms. The van der Waals surface area contributed by atoms with Gasteiger partial charge in [0.15, 0.2) is 0 Å². The van der Waals surface area contributed by atoms with Crippen molar-refractivity contribution < 1.29 is 0 Å². The number of nitrogens with zero attached hydrogens (tertiary/aromatic N) is 2. The van der Waals surface area contributed by atoms with Crippen molar-refractivity contribution in [3.05, 3.63) is 47.5 Å². The van der Waals surface area contributed by atoms with Crippen molar-refractivity contribution in [2.24, 2.45) is 0 Å². The van der Waals surface area contributed by atoms with Crippen LogP contribution >= 0.6 is 11.3 Å². The van der Waals surface area contributed by atoms with Crippen molar-refractivity contribution in [2.45, 2.75) is 6.42 Å². The van der Waals surface area contributed by atoms with E-state index < -0.39 is 0 Å². The molecule has 1 N–H and O–H groups in total. The zero-order chi connectivity index (χ0) is 13.1. The number of hydrogen-bond acceptors (Lipinski definition) is 4. The molecule has 0 aliphatic heterocycles. The van der Waals surface area contributed by atoms with E-state index in [1.807, 2.05) is 7.05 Å². The van der Waals surface area contributed by atoms with Gasteiger partial charge in [-0.25, -0.2) is 0 Å². The lowest BCUT2D eigenvalue weighted by molar-refractivity contribution is 0.779. The molecule has 0 saturated heterocycles. The molecule has 0 aliphatic carbocycles. The summed E-state index contributed by atoms with van der Waals surface area (Å²) >= 11 is 1.68. The summed E-state index contributed by atoms with van der Waals surface area (Å²) < 4.78 is 0. The number of aromatic nitrogens is 2. The van der Waals surface area contributed by atoms with Crippen LogP contribution in [-0.2, 0) is 6.42 Å². The number of rotatable bonds is 4. The number of fused-ring (bicyclic) bond motifs is 1. The minimum atomic E-state index is 0.929. The second kappa shape index (κ2) is 5.47. The first-order chi connectivity index (χ1) is 9.38. The van der Waals surface area contributed by atoms with Gasteiger partial charge in [0, 0.05) is 18.5 Å². The van der Waals surface area contributed by atoms with Gasteiger partial charge < -0.3 is 5.32 Å². The summed E-state index contributed by atoms with van der Waals surface area (Å²) in [5.41, 5.74) is 1.17. The molecule has 0 radical (unpaired) electrons. The van der Waals surface area contributed by atoms with E-state index in [1.165, 1.54) is 16.3 Å². The summed E-state index contributed by atoms with van der Waals surface area (Å²) in [6.45, 7) is 0.935. The molecular weight excluding hydrogens is 254 g/mol. The molecule has 0 atom stereocenters. The predicted molar refractivity (Wildman–Crippen MR) is 80.5 cm³/mol. The van der Waals surface area contributed by atoms with Gasteiger partial charge >= 0.3 is 0 Å². The Bertz CT molecular complexity index is 685. The van der Waals surface area contributed by atoms with Gasteiger partial charge in [0.05, 0.1) is 0 Å². The molecule has 0 spiro atoms. The number of likely N-dealkylation sites (N-methyl/N-ethyl adjacent to an activating group) is 1. The minimum absolute atomic E-state index is 0.929. The van der Waals surface area contributed by atoms with Gasteiger partial charge in [-0.15, -0.1) is 10.2 Å². The smallest absolute Gasteiger partial charge is 0.148 e. The molecule has 19 heavy (non-hydrogen) atoms. The molecule has 2 aromatic carbocycles. The van der Waals surface area contributed by atoms with Gasteiger partial charge in [-0.2, -0.15) is 0 Å². The summed E-state index contributed by atoms with van der Waals surface area (Å²) in [5.74, 6) is 0. The maximum atomic E-state index is 4.33. The summed E-state index contributed by atoms with van der Waals surface area (Å²) in [6, 6.07) is 14.7. The average molecular weight is 269 g/mol. The van der Waals surface area contributed by atoms with Crippen molar-refractivity contribution in [3.8, 4) is 10.6 Å². The van der Waals surface area contributed by atoms with E-state index in [-0.39, 0.29) is 0 Å². The van der Waals surface area contributed by atoms with Crippen LogP contribution in [-0.4, -0.2) is 23.8 Å². The van der Waals surface area contributed by atoms with Crippen molar-refractivity contribution in [1.29, 1.82) is 0 Å². The van der Waals surface area contributed by atoms with Crippen LogP contribution in [0.25, 0.3) is 21.3 Å². The molecule has 0 aliphatic rings. The monoisotopic (exact) mass is 269 g/mol. The molecule has 3 aromatic rings. The normalized spacial score (nSPS) is 11.0. The Morgan fingerprint density at radius 1 is 1.05 bits per heavy atom. The Hall–Kier alpha value is -1.78. The van der Waals surface area contributed by atoms with Crippen LogP contribution in [0, 0.1) is 0 Å². The van der Waals surface area contributed by atoms with Crippen LogP contribution < -0.4 is 5.32 Å². The standard InChI is InChI=1S/C15H15N3S/c1-16-10-9-14-17-18-15(19-14)13-8-4-6-11-5-2-3-7-12(11)13/h2-8,16H,9-10H2,1H3. The van der Waals surface area contributed by atoms with Crippen LogP contribution in [0.4, 0.5) is 0 Å². The maximum absolute atomic E-state index is 4.33. The third-order valence-corrected chi connectivity index (χ3v) is 4.09. The van der Waals surface area contributed by atoms with Gasteiger partial charge in [-0.1, -0.05) is 53.8 Å². The van der Waals surface area contributed by atoms with Crippen molar-refractivity contribution in [3.63, 3.8) is 0 Å². The molecule has 3 rings (SSSR count). The summed E-state index contributed by atoms with van der Waals surface area (Å²) in [7, 11) is 1.95. The Kier molecular flexibility index (Phi) is 3.53. The number of nitrogens with one attached hydrogen (secondary N) is 1. The van der Waals surface area contributed by atoms with Crippen LogP contribution in [0.5, 0.6) is 0 Å². The van der Waals surface area contributed by atoms with E-state index in [0.717, 1.165) is 23.0 Å². The Morgan fingerprint density at radius 2 is 1.89 bits per heavy atom. The SMILES string of the molecule is CNCCc1nnc(-c2cccc3ccccc23)s1. The third kappa shape index (κ3) is 2.50. The third-order valence-electron chi connectivity index (χ3n) is 3.08. The molecule has 0 amide bonds. The van der Waals surface area contributed by atoms with Crippen LogP contribution in [0.2, 0.25) is 0 Å². The van der Waals surface area contributed by atoms with E-state index in [1.54, 1.807) is 11.3 Å². The molecule has 0 unspecified atom stereocenters. The van der Waals surface area contributed by atoms with Crippen LogP contribution in [0.3, 0.4) is 0 Å². The zero-order valence-corrected chi connectivity index (χ0v) is 11.6. The molecule has 96 valence electrons. The molecule has 3 nitrogen and oxygen atoms in total. The van der Waals surface area contributed by atoms with E-state index in [4.69, 9.17) is 0 Å². The highest BCUT2D eigenvalue weighted by Crippen LogP contribution is 2.30.